The highest BCUT2D eigenvalue weighted by Gasteiger charge is 2.06. The Hall–Kier alpha value is -1.79. The largest absolute Gasteiger partial charge is 0.370 e. The first-order valence-electron chi connectivity index (χ1n) is 5.36. The third kappa shape index (κ3) is 3.61. The maximum atomic E-state index is 5.30. The number of pyridine rings is 1. The van der Waals surface area contributed by atoms with E-state index in [1.165, 1.54) is 0 Å². The molecule has 0 unspecified atom stereocenters. The maximum absolute atomic E-state index is 5.30. The van der Waals surface area contributed by atoms with Crippen molar-refractivity contribution in [1.82, 2.24) is 15.1 Å². The number of hydrogen-bond donors (Lipinski definition) is 1. The van der Waals surface area contributed by atoms with Gasteiger partial charge in [0.1, 0.15) is 6.61 Å². The average molecular weight is 234 g/mol. The predicted molar refractivity (Wildman–Crippen MR) is 60.1 cm³/mol. The molecule has 0 saturated heterocycles. The molecule has 6 heteroatoms. The highest BCUT2D eigenvalue weighted by molar-refractivity contribution is 5.14. The van der Waals surface area contributed by atoms with Crippen LogP contribution >= 0.6 is 0 Å². The van der Waals surface area contributed by atoms with Gasteiger partial charge in [-0.3, -0.25) is 4.98 Å². The smallest absolute Gasteiger partial charge is 0.252 e. The van der Waals surface area contributed by atoms with Crippen molar-refractivity contribution < 1.29 is 9.26 Å². The Bertz CT molecular complexity index is 444. The predicted octanol–water partition coefficient (Wildman–Crippen LogP) is 0.531. The van der Waals surface area contributed by atoms with Gasteiger partial charge in [0.2, 0.25) is 0 Å². The number of ether oxygens (including phenoxy) is 1. The standard InChI is InChI=1S/C11H14N4O2/c12-3-6-16-8-11-14-10(15-17-11)7-9-1-4-13-5-2-9/h1-2,4-5H,3,6-8,12H2. The average Bonchev–Trinajstić information content (AvgIpc) is 2.79. The molecule has 0 bridgehead atoms. The molecular weight excluding hydrogens is 220 g/mol. The normalized spacial score (nSPS) is 10.6. The van der Waals surface area contributed by atoms with Gasteiger partial charge in [-0.2, -0.15) is 4.98 Å². The lowest BCUT2D eigenvalue weighted by Gasteiger charge is -1.95. The van der Waals surface area contributed by atoms with Crippen LogP contribution in [0.4, 0.5) is 0 Å². The van der Waals surface area contributed by atoms with Gasteiger partial charge in [-0.05, 0) is 17.7 Å². The van der Waals surface area contributed by atoms with Crippen molar-refractivity contribution in [2.24, 2.45) is 5.73 Å². The summed E-state index contributed by atoms with van der Waals surface area (Å²) in [4.78, 5) is 8.16. The van der Waals surface area contributed by atoms with Crippen LogP contribution in [-0.2, 0) is 17.8 Å². The zero-order valence-corrected chi connectivity index (χ0v) is 9.37. The fourth-order valence-corrected chi connectivity index (χ4v) is 1.35. The first-order valence-corrected chi connectivity index (χ1v) is 5.36. The highest BCUT2D eigenvalue weighted by Crippen LogP contribution is 2.06. The number of rotatable bonds is 6. The summed E-state index contributed by atoms with van der Waals surface area (Å²) in [5.41, 5.74) is 6.40. The van der Waals surface area contributed by atoms with E-state index < -0.39 is 0 Å². The van der Waals surface area contributed by atoms with Crippen LogP contribution in [0.5, 0.6) is 0 Å². The van der Waals surface area contributed by atoms with E-state index in [1.807, 2.05) is 12.1 Å². The minimum absolute atomic E-state index is 0.306. The van der Waals surface area contributed by atoms with Crippen molar-refractivity contribution in [2.75, 3.05) is 13.2 Å². The summed E-state index contributed by atoms with van der Waals surface area (Å²) in [5, 5.41) is 3.87. The number of nitrogens with zero attached hydrogens (tertiary/aromatic N) is 3. The van der Waals surface area contributed by atoms with E-state index >= 15 is 0 Å². The van der Waals surface area contributed by atoms with E-state index in [2.05, 4.69) is 15.1 Å². The van der Waals surface area contributed by atoms with Gasteiger partial charge in [0, 0.05) is 25.4 Å². The Labute approximate surface area is 98.8 Å². The third-order valence-electron chi connectivity index (χ3n) is 2.11. The molecule has 17 heavy (non-hydrogen) atoms. The van der Waals surface area contributed by atoms with Crippen molar-refractivity contribution in [2.45, 2.75) is 13.0 Å². The lowest BCUT2D eigenvalue weighted by molar-refractivity contribution is 0.104. The molecule has 0 fully saturated rings. The molecule has 0 aliphatic rings. The molecular formula is C11H14N4O2. The molecule has 2 aromatic heterocycles. The van der Waals surface area contributed by atoms with E-state index in [1.54, 1.807) is 12.4 Å². The van der Waals surface area contributed by atoms with Crippen LogP contribution in [0.1, 0.15) is 17.3 Å². The fourth-order valence-electron chi connectivity index (χ4n) is 1.35. The summed E-state index contributed by atoms with van der Waals surface area (Å²) in [6, 6.07) is 3.84. The van der Waals surface area contributed by atoms with E-state index in [4.69, 9.17) is 15.0 Å². The van der Waals surface area contributed by atoms with Gasteiger partial charge in [0.25, 0.3) is 5.89 Å². The van der Waals surface area contributed by atoms with Crippen molar-refractivity contribution in [3.63, 3.8) is 0 Å². The van der Waals surface area contributed by atoms with E-state index in [0.717, 1.165) is 5.56 Å². The fraction of sp³-hybridized carbons (Fsp3) is 0.364. The third-order valence-corrected chi connectivity index (χ3v) is 2.11. The van der Waals surface area contributed by atoms with Crippen LogP contribution < -0.4 is 5.73 Å². The maximum Gasteiger partial charge on any atom is 0.252 e. The highest BCUT2D eigenvalue weighted by atomic mass is 16.5. The monoisotopic (exact) mass is 234 g/mol. The minimum Gasteiger partial charge on any atom is -0.370 e. The molecule has 6 nitrogen and oxygen atoms in total. The topological polar surface area (TPSA) is 87.1 Å². The summed E-state index contributed by atoms with van der Waals surface area (Å²) in [6.07, 6.45) is 4.10. The molecule has 0 aromatic carbocycles. The van der Waals surface area contributed by atoms with Gasteiger partial charge < -0.3 is 15.0 Å². The van der Waals surface area contributed by atoms with Gasteiger partial charge in [-0.25, -0.2) is 0 Å². The second kappa shape index (κ2) is 6.07. The van der Waals surface area contributed by atoms with Crippen LogP contribution in [-0.4, -0.2) is 28.3 Å². The lowest BCUT2D eigenvalue weighted by Crippen LogP contribution is -2.08. The summed E-state index contributed by atoms with van der Waals surface area (Å²) in [5.74, 6) is 1.12. The van der Waals surface area contributed by atoms with Crippen LogP contribution in [0.2, 0.25) is 0 Å². The van der Waals surface area contributed by atoms with Crippen LogP contribution in [0, 0.1) is 0 Å². The number of aromatic nitrogens is 3. The van der Waals surface area contributed by atoms with Crippen molar-refractivity contribution in [3.05, 3.63) is 41.8 Å². The molecule has 90 valence electrons. The van der Waals surface area contributed by atoms with Gasteiger partial charge >= 0.3 is 0 Å². The SMILES string of the molecule is NCCOCc1nc(Cc2ccncc2)no1. The zero-order valence-electron chi connectivity index (χ0n) is 9.37. The van der Waals surface area contributed by atoms with Gasteiger partial charge in [0.05, 0.1) is 6.61 Å². The first-order chi connectivity index (χ1) is 8.38. The molecule has 0 aliphatic carbocycles. The molecule has 0 radical (unpaired) electrons. The van der Waals surface area contributed by atoms with E-state index in [0.29, 0.717) is 37.9 Å². The van der Waals surface area contributed by atoms with Gasteiger partial charge in [-0.15, -0.1) is 0 Å². The van der Waals surface area contributed by atoms with Crippen molar-refractivity contribution in [3.8, 4) is 0 Å². The van der Waals surface area contributed by atoms with Crippen LogP contribution in [0.15, 0.2) is 29.0 Å². The van der Waals surface area contributed by atoms with Crippen LogP contribution in [0.25, 0.3) is 0 Å². The molecule has 2 heterocycles. The Morgan fingerprint density at radius 1 is 1.29 bits per heavy atom. The zero-order chi connectivity index (χ0) is 11.9. The molecule has 0 aliphatic heterocycles. The summed E-state index contributed by atoms with van der Waals surface area (Å²) >= 11 is 0. The van der Waals surface area contributed by atoms with Crippen LogP contribution in [0.3, 0.4) is 0 Å². The quantitative estimate of drug-likeness (QED) is 0.734. The van der Waals surface area contributed by atoms with Crippen molar-refractivity contribution in [1.29, 1.82) is 0 Å². The molecule has 0 saturated carbocycles. The van der Waals surface area contributed by atoms with Gasteiger partial charge in [0.15, 0.2) is 5.82 Å². The molecule has 0 amide bonds. The van der Waals surface area contributed by atoms with Crippen molar-refractivity contribution >= 4 is 0 Å². The van der Waals surface area contributed by atoms with E-state index in [-0.39, 0.29) is 0 Å². The summed E-state index contributed by atoms with van der Waals surface area (Å²) < 4.78 is 10.2. The Kier molecular flexibility index (Phi) is 4.17. The molecule has 2 rings (SSSR count). The summed E-state index contributed by atoms with van der Waals surface area (Å²) in [6.45, 7) is 1.28. The van der Waals surface area contributed by atoms with Gasteiger partial charge in [-0.1, -0.05) is 5.16 Å². The second-order valence-corrected chi connectivity index (χ2v) is 3.48. The Balaban J connectivity index is 1.90. The second-order valence-electron chi connectivity index (χ2n) is 3.48. The molecule has 0 atom stereocenters. The first kappa shape index (κ1) is 11.7. The Morgan fingerprint density at radius 2 is 2.12 bits per heavy atom. The Morgan fingerprint density at radius 3 is 2.88 bits per heavy atom. The summed E-state index contributed by atoms with van der Waals surface area (Å²) in [7, 11) is 0. The lowest BCUT2D eigenvalue weighted by atomic mass is 10.2. The number of nitrogens with two attached hydrogens (primary N) is 1. The molecule has 0 spiro atoms. The molecule has 2 N–H and O–H groups in total. The van der Waals surface area contributed by atoms with E-state index in [9.17, 15) is 0 Å². The number of hydrogen-bond acceptors (Lipinski definition) is 6. The minimum atomic E-state index is 0.306. The molecule has 2 aromatic rings.